The number of anilines is 2. The van der Waals surface area contributed by atoms with Crippen molar-refractivity contribution < 1.29 is 24.2 Å². The lowest BCUT2D eigenvalue weighted by atomic mass is 10.2. The zero-order valence-corrected chi connectivity index (χ0v) is 14.7. The summed E-state index contributed by atoms with van der Waals surface area (Å²) in [5.41, 5.74) is 1.59. The number of carbonyl (C=O) groups excluding carboxylic acids is 3. The van der Waals surface area contributed by atoms with Crippen LogP contribution in [-0.2, 0) is 14.3 Å². The summed E-state index contributed by atoms with van der Waals surface area (Å²) in [7, 11) is 0. The van der Waals surface area contributed by atoms with Crippen LogP contribution in [0, 0.1) is 0 Å². The lowest BCUT2D eigenvalue weighted by molar-refractivity contribution is -0.128. The van der Waals surface area contributed by atoms with Crippen LogP contribution in [0.25, 0.3) is 0 Å². The highest BCUT2D eigenvalue weighted by Crippen LogP contribution is 2.19. The topological polar surface area (TPSA) is 132 Å². The molecule has 10 heteroatoms. The smallest absolute Gasteiger partial charge is 0.315 e. The number of ether oxygens (including phenoxy) is 1. The first kappa shape index (κ1) is 18.9. The van der Waals surface area contributed by atoms with E-state index in [0.717, 1.165) is 18.8 Å². The minimum atomic E-state index is -1.12. The van der Waals surface area contributed by atoms with Crippen LogP contribution in [0.4, 0.5) is 16.2 Å². The molecule has 5 N–H and O–H groups in total. The van der Waals surface area contributed by atoms with Crippen molar-refractivity contribution in [3.63, 3.8) is 0 Å². The van der Waals surface area contributed by atoms with Gasteiger partial charge >= 0.3 is 6.03 Å². The van der Waals surface area contributed by atoms with Crippen LogP contribution in [0.2, 0.25) is 0 Å². The SMILES string of the molecule is O=C1NCC(C(=O)NC(CO)C(=O)Nc2ccc(N3CCOCC3)cc2)N1. The molecule has 1 aromatic carbocycles. The second-order valence-electron chi connectivity index (χ2n) is 6.29. The van der Waals surface area contributed by atoms with Gasteiger partial charge in [0.15, 0.2) is 0 Å². The van der Waals surface area contributed by atoms with Gasteiger partial charge in [0.1, 0.15) is 12.1 Å². The summed E-state index contributed by atoms with van der Waals surface area (Å²) in [4.78, 5) is 37.7. The third-order valence-electron chi connectivity index (χ3n) is 4.42. The zero-order chi connectivity index (χ0) is 19.2. The van der Waals surface area contributed by atoms with E-state index in [-0.39, 0.29) is 6.54 Å². The van der Waals surface area contributed by atoms with Crippen LogP contribution in [-0.4, -0.2) is 74.5 Å². The quantitative estimate of drug-likeness (QED) is 0.415. The van der Waals surface area contributed by atoms with Crippen molar-refractivity contribution in [1.29, 1.82) is 0 Å². The summed E-state index contributed by atoms with van der Waals surface area (Å²) in [6, 6.07) is 4.99. The lowest BCUT2D eigenvalue weighted by Gasteiger charge is -2.29. The monoisotopic (exact) mass is 377 g/mol. The molecule has 2 saturated heterocycles. The Bertz CT molecular complexity index is 689. The molecule has 10 nitrogen and oxygen atoms in total. The molecule has 4 amide bonds. The molecule has 1 aromatic rings. The number of morpholine rings is 1. The van der Waals surface area contributed by atoms with E-state index in [4.69, 9.17) is 4.74 Å². The molecule has 146 valence electrons. The molecule has 0 saturated carbocycles. The van der Waals surface area contributed by atoms with Gasteiger partial charge in [-0.2, -0.15) is 0 Å². The number of hydrogen-bond acceptors (Lipinski definition) is 6. The van der Waals surface area contributed by atoms with Gasteiger partial charge in [0.05, 0.1) is 19.8 Å². The number of hydrogen-bond donors (Lipinski definition) is 5. The first-order valence-corrected chi connectivity index (χ1v) is 8.76. The number of aliphatic hydroxyl groups is 1. The van der Waals surface area contributed by atoms with Crippen molar-refractivity contribution in [2.45, 2.75) is 12.1 Å². The molecule has 2 atom stereocenters. The molecular formula is C17H23N5O5. The Hall–Kier alpha value is -2.85. The number of urea groups is 1. The highest BCUT2D eigenvalue weighted by molar-refractivity contribution is 5.99. The van der Waals surface area contributed by atoms with Gasteiger partial charge in [0, 0.05) is 31.0 Å². The maximum absolute atomic E-state index is 12.3. The predicted octanol–water partition coefficient (Wildman–Crippen LogP) is -1.38. The first-order chi connectivity index (χ1) is 13.1. The summed E-state index contributed by atoms with van der Waals surface area (Å²) in [5, 5.41) is 19.4. The van der Waals surface area contributed by atoms with E-state index in [1.54, 1.807) is 12.1 Å². The first-order valence-electron chi connectivity index (χ1n) is 8.76. The normalized spacial score (nSPS) is 20.4. The number of nitrogens with one attached hydrogen (secondary N) is 4. The van der Waals surface area contributed by atoms with Crippen molar-refractivity contribution in [1.82, 2.24) is 16.0 Å². The molecular weight excluding hydrogens is 354 g/mol. The van der Waals surface area contributed by atoms with Crippen molar-refractivity contribution >= 4 is 29.2 Å². The molecule has 0 aliphatic carbocycles. The Morgan fingerprint density at radius 3 is 2.56 bits per heavy atom. The van der Waals surface area contributed by atoms with E-state index < -0.39 is 36.5 Å². The number of carbonyl (C=O) groups is 3. The van der Waals surface area contributed by atoms with Crippen molar-refractivity contribution in [3.8, 4) is 0 Å². The third kappa shape index (κ3) is 4.86. The number of rotatable bonds is 6. The second-order valence-corrected chi connectivity index (χ2v) is 6.29. The van der Waals surface area contributed by atoms with E-state index >= 15 is 0 Å². The van der Waals surface area contributed by atoms with Crippen LogP contribution < -0.4 is 26.2 Å². The van der Waals surface area contributed by atoms with Gasteiger partial charge in [-0.25, -0.2) is 4.79 Å². The van der Waals surface area contributed by atoms with E-state index in [1.165, 1.54) is 0 Å². The maximum Gasteiger partial charge on any atom is 0.315 e. The van der Waals surface area contributed by atoms with Gasteiger partial charge in [0.2, 0.25) is 11.8 Å². The summed E-state index contributed by atoms with van der Waals surface area (Å²) in [6.07, 6.45) is 0. The van der Waals surface area contributed by atoms with Crippen LogP contribution >= 0.6 is 0 Å². The van der Waals surface area contributed by atoms with Crippen LogP contribution in [0.3, 0.4) is 0 Å². The van der Waals surface area contributed by atoms with Crippen molar-refractivity contribution in [2.24, 2.45) is 0 Å². The molecule has 0 radical (unpaired) electrons. The molecule has 27 heavy (non-hydrogen) atoms. The molecule has 2 aliphatic rings. The summed E-state index contributed by atoms with van der Waals surface area (Å²) >= 11 is 0. The highest BCUT2D eigenvalue weighted by atomic mass is 16.5. The highest BCUT2D eigenvalue weighted by Gasteiger charge is 2.30. The Morgan fingerprint density at radius 2 is 1.96 bits per heavy atom. The minimum absolute atomic E-state index is 0.132. The van der Waals surface area contributed by atoms with Gasteiger partial charge in [-0.15, -0.1) is 0 Å². The third-order valence-corrected chi connectivity index (χ3v) is 4.42. The van der Waals surface area contributed by atoms with Gasteiger partial charge in [0.25, 0.3) is 0 Å². The largest absolute Gasteiger partial charge is 0.394 e. The summed E-state index contributed by atoms with van der Waals surface area (Å²) in [5.74, 6) is -1.08. The minimum Gasteiger partial charge on any atom is -0.394 e. The Kier molecular flexibility index (Phi) is 6.09. The van der Waals surface area contributed by atoms with E-state index in [1.807, 2.05) is 12.1 Å². The van der Waals surface area contributed by atoms with E-state index in [2.05, 4.69) is 26.2 Å². The predicted molar refractivity (Wildman–Crippen MR) is 97.4 cm³/mol. The second kappa shape index (κ2) is 8.69. The van der Waals surface area contributed by atoms with E-state index in [9.17, 15) is 19.5 Å². The fourth-order valence-electron chi connectivity index (χ4n) is 2.89. The molecule has 0 bridgehead atoms. The Labute approximate surface area is 156 Å². The Balaban J connectivity index is 1.54. The van der Waals surface area contributed by atoms with Crippen LogP contribution in [0.5, 0.6) is 0 Å². The molecule has 0 spiro atoms. The van der Waals surface area contributed by atoms with E-state index in [0.29, 0.717) is 18.9 Å². The van der Waals surface area contributed by atoms with Crippen LogP contribution in [0.15, 0.2) is 24.3 Å². The number of amides is 4. The number of nitrogens with zero attached hydrogens (tertiary/aromatic N) is 1. The average molecular weight is 377 g/mol. The summed E-state index contributed by atoms with van der Waals surface area (Å²) < 4.78 is 5.33. The van der Waals surface area contributed by atoms with Gasteiger partial charge < -0.3 is 36.0 Å². The van der Waals surface area contributed by atoms with Crippen LogP contribution in [0.1, 0.15) is 0 Å². The molecule has 0 aromatic heterocycles. The maximum atomic E-state index is 12.3. The fourth-order valence-corrected chi connectivity index (χ4v) is 2.89. The lowest BCUT2D eigenvalue weighted by Crippen LogP contribution is -2.52. The fraction of sp³-hybridized carbons (Fsp3) is 0.471. The van der Waals surface area contributed by atoms with Crippen molar-refractivity contribution in [3.05, 3.63) is 24.3 Å². The molecule has 2 aliphatic heterocycles. The Morgan fingerprint density at radius 1 is 1.26 bits per heavy atom. The van der Waals surface area contributed by atoms with Gasteiger partial charge in [-0.05, 0) is 24.3 Å². The van der Waals surface area contributed by atoms with Crippen molar-refractivity contribution in [2.75, 3.05) is 49.7 Å². The molecule has 2 heterocycles. The summed E-state index contributed by atoms with van der Waals surface area (Å²) in [6.45, 7) is 2.58. The molecule has 3 rings (SSSR count). The number of aliphatic hydroxyl groups excluding tert-OH is 1. The van der Waals surface area contributed by atoms with Gasteiger partial charge in [-0.1, -0.05) is 0 Å². The average Bonchev–Trinajstić information content (AvgIpc) is 3.13. The standard InChI is InChI=1S/C17H23N5O5/c23-10-14(20-15(24)13-9-18-17(26)21-13)16(25)19-11-1-3-12(4-2-11)22-5-7-27-8-6-22/h1-4,13-14,23H,5-10H2,(H,19,25)(H,20,24)(H2,18,21,26). The van der Waals surface area contributed by atoms with Gasteiger partial charge in [-0.3, -0.25) is 9.59 Å². The molecule has 2 unspecified atom stereocenters. The number of benzene rings is 1. The molecule has 2 fully saturated rings. The zero-order valence-electron chi connectivity index (χ0n) is 14.7.